The first-order valence-corrected chi connectivity index (χ1v) is 7.62. The van der Waals surface area contributed by atoms with Crippen LogP contribution in [-0.2, 0) is 10.3 Å². The quantitative estimate of drug-likeness (QED) is 0.845. The highest BCUT2D eigenvalue weighted by molar-refractivity contribution is 7.84. The Kier molecular flexibility index (Phi) is 4.07. The summed E-state index contributed by atoms with van der Waals surface area (Å²) >= 11 is 0. The molecule has 0 saturated heterocycles. The largest absolute Gasteiger partial charge is 0.385 e. The third kappa shape index (κ3) is 2.88. The fourth-order valence-electron chi connectivity index (χ4n) is 1.97. The molecule has 0 aromatic heterocycles. The van der Waals surface area contributed by atoms with Crippen molar-refractivity contribution in [3.8, 4) is 5.75 Å². The first kappa shape index (κ1) is 13.8. The molecule has 4 nitrogen and oxygen atoms in total. The van der Waals surface area contributed by atoms with Crippen LogP contribution in [0.3, 0.4) is 0 Å². The molecule has 0 aliphatic rings. The molecule has 2 aromatic rings. The smallest absolute Gasteiger partial charge is 0.370 e. The second kappa shape index (κ2) is 5.59. The van der Waals surface area contributed by atoms with E-state index < -0.39 is 10.3 Å². The van der Waals surface area contributed by atoms with E-state index in [0.29, 0.717) is 18.8 Å². The summed E-state index contributed by atoms with van der Waals surface area (Å²) in [5, 5.41) is 1.75. The van der Waals surface area contributed by atoms with E-state index in [-0.39, 0.29) is 0 Å². The van der Waals surface area contributed by atoms with Gasteiger partial charge in [0.2, 0.25) is 0 Å². The van der Waals surface area contributed by atoms with Gasteiger partial charge in [0.15, 0.2) is 5.75 Å². The minimum Gasteiger partial charge on any atom is -0.370 e. The number of nitrogens with zero attached hydrogens (tertiary/aromatic N) is 1. The monoisotopic (exact) mass is 279 g/mol. The van der Waals surface area contributed by atoms with E-state index in [9.17, 15) is 8.42 Å². The second-order valence-electron chi connectivity index (χ2n) is 4.10. The highest BCUT2D eigenvalue weighted by Crippen LogP contribution is 2.26. The van der Waals surface area contributed by atoms with E-state index in [1.807, 2.05) is 30.3 Å². The van der Waals surface area contributed by atoms with Crippen molar-refractivity contribution in [1.82, 2.24) is 4.31 Å². The Labute approximate surface area is 113 Å². The van der Waals surface area contributed by atoms with Gasteiger partial charge in [-0.25, -0.2) is 0 Å². The molecule has 0 fully saturated rings. The third-order valence-electron chi connectivity index (χ3n) is 2.97. The van der Waals surface area contributed by atoms with Gasteiger partial charge in [0, 0.05) is 18.5 Å². The summed E-state index contributed by atoms with van der Waals surface area (Å²) in [7, 11) is -3.73. The second-order valence-corrected chi connectivity index (χ2v) is 5.64. The van der Waals surface area contributed by atoms with Crippen LogP contribution < -0.4 is 4.18 Å². The van der Waals surface area contributed by atoms with Gasteiger partial charge in [-0.3, -0.25) is 0 Å². The highest BCUT2D eigenvalue weighted by Gasteiger charge is 2.21. The van der Waals surface area contributed by atoms with E-state index in [2.05, 4.69) is 0 Å². The maximum Gasteiger partial charge on any atom is 0.385 e. The van der Waals surface area contributed by atoms with E-state index in [1.54, 1.807) is 26.0 Å². The molecule has 5 heteroatoms. The molecule has 0 N–H and O–H groups in total. The van der Waals surface area contributed by atoms with E-state index in [4.69, 9.17) is 4.18 Å². The van der Waals surface area contributed by atoms with Crippen LogP contribution in [0.15, 0.2) is 42.5 Å². The van der Waals surface area contributed by atoms with E-state index in [1.165, 1.54) is 4.31 Å². The average molecular weight is 279 g/mol. The standard InChI is InChI=1S/C14H17NO3S/c1-3-15(4-2)19(16,17)18-14-11-7-9-12-8-5-6-10-13(12)14/h5-11H,3-4H2,1-2H3. The Bertz CT molecular complexity index is 658. The summed E-state index contributed by atoms with van der Waals surface area (Å²) in [4.78, 5) is 0. The third-order valence-corrected chi connectivity index (χ3v) is 4.51. The molecule has 0 bridgehead atoms. The minimum absolute atomic E-state index is 0.366. The summed E-state index contributed by atoms with van der Waals surface area (Å²) in [6, 6.07) is 12.9. The van der Waals surface area contributed by atoms with Crippen LogP contribution in [0.25, 0.3) is 10.8 Å². The number of hydrogen-bond acceptors (Lipinski definition) is 3. The number of fused-ring (bicyclic) bond motifs is 1. The number of hydrogen-bond donors (Lipinski definition) is 0. The van der Waals surface area contributed by atoms with Crippen molar-refractivity contribution < 1.29 is 12.6 Å². The van der Waals surface area contributed by atoms with Crippen LogP contribution >= 0.6 is 0 Å². The Morgan fingerprint density at radius 3 is 2.32 bits per heavy atom. The molecule has 0 aliphatic carbocycles. The predicted octanol–water partition coefficient (Wildman–Crippen LogP) is 2.81. The van der Waals surface area contributed by atoms with E-state index in [0.717, 1.165) is 10.8 Å². The van der Waals surface area contributed by atoms with Crippen molar-refractivity contribution in [2.24, 2.45) is 0 Å². The van der Waals surface area contributed by atoms with Crippen molar-refractivity contribution in [2.75, 3.05) is 13.1 Å². The van der Waals surface area contributed by atoms with Crippen molar-refractivity contribution in [3.63, 3.8) is 0 Å². The van der Waals surface area contributed by atoms with Crippen molar-refractivity contribution >= 4 is 21.1 Å². The molecule has 2 aromatic carbocycles. The van der Waals surface area contributed by atoms with Gasteiger partial charge in [-0.1, -0.05) is 50.2 Å². The summed E-state index contributed by atoms with van der Waals surface area (Å²) in [6.07, 6.45) is 0. The molecule has 0 amide bonds. The molecule has 0 spiro atoms. The highest BCUT2D eigenvalue weighted by atomic mass is 32.2. The molecule has 19 heavy (non-hydrogen) atoms. The van der Waals surface area contributed by atoms with Crippen LogP contribution in [0.1, 0.15) is 13.8 Å². The van der Waals surface area contributed by atoms with Crippen molar-refractivity contribution in [3.05, 3.63) is 42.5 Å². The zero-order chi connectivity index (χ0) is 13.9. The summed E-state index contributed by atoms with van der Waals surface area (Å²) < 4.78 is 30.8. The maximum atomic E-state index is 12.1. The lowest BCUT2D eigenvalue weighted by molar-refractivity contribution is 0.377. The molecule has 0 heterocycles. The lowest BCUT2D eigenvalue weighted by Crippen LogP contribution is -2.34. The zero-order valence-electron chi connectivity index (χ0n) is 11.0. The minimum atomic E-state index is -3.73. The predicted molar refractivity (Wildman–Crippen MR) is 76.4 cm³/mol. The maximum absolute atomic E-state index is 12.1. The van der Waals surface area contributed by atoms with Crippen LogP contribution in [-0.4, -0.2) is 25.8 Å². The average Bonchev–Trinajstić information content (AvgIpc) is 2.40. The van der Waals surface area contributed by atoms with Crippen LogP contribution in [0, 0.1) is 0 Å². The molecule has 0 aliphatic heterocycles. The number of benzene rings is 2. The van der Waals surface area contributed by atoms with Gasteiger partial charge >= 0.3 is 10.3 Å². The zero-order valence-corrected chi connectivity index (χ0v) is 11.9. The molecule has 102 valence electrons. The molecule has 2 rings (SSSR count). The SMILES string of the molecule is CCN(CC)S(=O)(=O)Oc1cccc2ccccc12. The van der Waals surface area contributed by atoms with E-state index >= 15 is 0 Å². The first-order chi connectivity index (χ1) is 9.08. The summed E-state index contributed by atoms with van der Waals surface area (Å²) in [6.45, 7) is 4.36. The number of rotatable bonds is 5. The lowest BCUT2D eigenvalue weighted by atomic mass is 10.1. The topological polar surface area (TPSA) is 46.6 Å². The summed E-state index contributed by atoms with van der Waals surface area (Å²) in [5.74, 6) is 0.366. The Balaban J connectivity index is 2.41. The van der Waals surface area contributed by atoms with Gasteiger partial charge in [0.25, 0.3) is 0 Å². The van der Waals surface area contributed by atoms with Crippen LogP contribution in [0.5, 0.6) is 5.75 Å². The molecule has 0 saturated carbocycles. The van der Waals surface area contributed by atoms with Gasteiger partial charge in [-0.2, -0.15) is 12.7 Å². The van der Waals surface area contributed by atoms with Gasteiger partial charge in [0.1, 0.15) is 0 Å². The summed E-state index contributed by atoms with van der Waals surface area (Å²) in [5.41, 5.74) is 0. The van der Waals surface area contributed by atoms with Crippen molar-refractivity contribution in [2.45, 2.75) is 13.8 Å². The van der Waals surface area contributed by atoms with Crippen LogP contribution in [0.4, 0.5) is 0 Å². The Hall–Kier alpha value is -1.59. The Morgan fingerprint density at radius 1 is 1.00 bits per heavy atom. The normalized spacial score (nSPS) is 11.9. The molecule has 0 unspecified atom stereocenters. The fourth-order valence-corrected chi connectivity index (χ4v) is 3.08. The first-order valence-electron chi connectivity index (χ1n) is 6.25. The molecule has 0 radical (unpaired) electrons. The van der Waals surface area contributed by atoms with Gasteiger partial charge in [-0.05, 0) is 11.5 Å². The fraction of sp³-hybridized carbons (Fsp3) is 0.286. The molecular formula is C14H17NO3S. The van der Waals surface area contributed by atoms with Crippen LogP contribution in [0.2, 0.25) is 0 Å². The Morgan fingerprint density at radius 2 is 1.63 bits per heavy atom. The van der Waals surface area contributed by atoms with Crippen molar-refractivity contribution in [1.29, 1.82) is 0 Å². The lowest BCUT2D eigenvalue weighted by Gasteiger charge is -2.18. The van der Waals surface area contributed by atoms with Gasteiger partial charge in [0.05, 0.1) is 0 Å². The molecule has 0 atom stereocenters. The van der Waals surface area contributed by atoms with Gasteiger partial charge in [-0.15, -0.1) is 0 Å². The van der Waals surface area contributed by atoms with Gasteiger partial charge < -0.3 is 4.18 Å². The molecular weight excluding hydrogens is 262 g/mol.